The van der Waals surface area contributed by atoms with Crippen LogP contribution in [0.15, 0.2) is 29.3 Å². The Kier molecular flexibility index (Phi) is 12.6. The highest BCUT2D eigenvalue weighted by Crippen LogP contribution is 2.77. The molecule has 0 spiro atoms. The first kappa shape index (κ1) is 47.5. The van der Waals surface area contributed by atoms with Gasteiger partial charge in [0.05, 0.1) is 23.5 Å². The fourth-order valence-electron chi connectivity index (χ4n) is 16.0. The number of benzene rings is 1. The van der Waals surface area contributed by atoms with Crippen LogP contribution in [0.25, 0.3) is 0 Å². The lowest BCUT2D eigenvalue weighted by Gasteiger charge is -2.72. The molecule has 11 atom stereocenters. The first-order chi connectivity index (χ1) is 30.0. The number of Topliss-reactive ketones (excluding diaryl/α,β-unsaturated/α-hetero) is 1. The number of carbonyl (C=O) groups is 4. The number of fused-ring (bicyclic) bond motifs is 7. The molecule has 8 rings (SSSR count). The molecule has 1 aromatic carbocycles. The Morgan fingerprint density at radius 1 is 0.875 bits per heavy atom. The van der Waals surface area contributed by atoms with Gasteiger partial charge in [-0.2, -0.15) is 0 Å². The number of aliphatic carboxylic acids is 1. The molecule has 1 aromatic rings. The van der Waals surface area contributed by atoms with E-state index in [9.17, 15) is 29.4 Å². The monoisotopic (exact) mass is 905 g/mol. The standard InChI is InChI=1S/C53H77ClN2O8/c1-31(2)43-37(57)29-53(41(58)30-55-45(59)33-14-13-32(54)27-38(33)63-26-25-56-23-11-10-12-24-56)22-21-51(8)34(44(43)53)15-16-40-50(7)19-18-42(49(5,6)39(50)17-20-52(40,51)9)64-47(62)36-28-35(46(60)61)48(36,3)4/h13-14,27,31,34-36,39-42,58H,10-12,15-26,28-30H2,1-9H3,(H,55,59)(H,60,61)/t34-,35+,36-,39+,40-,41+,42+,50+,51-,52-,53+/m1/s1. The maximum Gasteiger partial charge on any atom is 0.309 e. The summed E-state index contributed by atoms with van der Waals surface area (Å²) < 4.78 is 12.6. The van der Waals surface area contributed by atoms with Gasteiger partial charge in [-0.25, -0.2) is 0 Å². The van der Waals surface area contributed by atoms with E-state index in [1.807, 2.05) is 13.8 Å². The van der Waals surface area contributed by atoms with E-state index >= 15 is 0 Å². The fraction of sp³-hybridized carbons (Fsp3) is 0.774. The molecule has 1 amide bonds. The number of carboxylic acid groups (broad SMARTS) is 1. The molecular weight excluding hydrogens is 828 g/mol. The van der Waals surface area contributed by atoms with Gasteiger partial charge in [0.1, 0.15) is 18.5 Å². The van der Waals surface area contributed by atoms with Crippen LogP contribution in [-0.2, 0) is 19.1 Å². The highest BCUT2D eigenvalue weighted by molar-refractivity contribution is 6.30. The number of esters is 1. The third-order valence-electron chi connectivity index (χ3n) is 19.9. The summed E-state index contributed by atoms with van der Waals surface area (Å²) in [7, 11) is 0. The summed E-state index contributed by atoms with van der Waals surface area (Å²) in [5.41, 5.74) is 0.723. The maximum absolute atomic E-state index is 14.3. The topological polar surface area (TPSA) is 142 Å². The van der Waals surface area contributed by atoms with Crippen molar-refractivity contribution in [2.24, 2.45) is 68.0 Å². The van der Waals surface area contributed by atoms with Gasteiger partial charge in [0.2, 0.25) is 0 Å². The molecule has 1 saturated heterocycles. The Morgan fingerprint density at radius 3 is 2.27 bits per heavy atom. The molecular formula is C53H77ClN2O8. The number of carbonyl (C=O) groups excluding carboxylic acids is 3. The van der Waals surface area contributed by atoms with Crippen molar-refractivity contribution in [1.29, 1.82) is 0 Å². The Labute approximate surface area is 387 Å². The van der Waals surface area contributed by atoms with Crippen LogP contribution in [0.1, 0.15) is 156 Å². The van der Waals surface area contributed by atoms with Gasteiger partial charge in [0.15, 0.2) is 5.78 Å². The van der Waals surface area contributed by atoms with Gasteiger partial charge >= 0.3 is 11.9 Å². The van der Waals surface area contributed by atoms with Gasteiger partial charge < -0.3 is 25.0 Å². The number of ketones is 1. The zero-order chi connectivity index (χ0) is 46.4. The van der Waals surface area contributed by atoms with Crippen LogP contribution in [0, 0.1) is 68.0 Å². The van der Waals surface area contributed by atoms with Gasteiger partial charge in [0, 0.05) is 35.4 Å². The number of carboxylic acids is 1. The molecule has 0 radical (unpaired) electrons. The van der Waals surface area contributed by atoms with Gasteiger partial charge in [-0.05, 0) is 153 Å². The van der Waals surface area contributed by atoms with Crippen LogP contribution >= 0.6 is 11.6 Å². The van der Waals surface area contributed by atoms with Crippen molar-refractivity contribution in [3.8, 4) is 5.75 Å². The van der Waals surface area contributed by atoms with E-state index in [1.54, 1.807) is 18.2 Å². The second kappa shape index (κ2) is 17.0. The largest absolute Gasteiger partial charge is 0.491 e. The second-order valence-corrected chi connectivity index (χ2v) is 24.2. The van der Waals surface area contributed by atoms with Crippen molar-refractivity contribution in [1.82, 2.24) is 10.2 Å². The van der Waals surface area contributed by atoms with Crippen LogP contribution in [0.5, 0.6) is 5.75 Å². The molecule has 5 saturated carbocycles. The van der Waals surface area contributed by atoms with Gasteiger partial charge in [-0.15, -0.1) is 0 Å². The molecule has 354 valence electrons. The number of nitrogens with one attached hydrogen (secondary N) is 1. The Morgan fingerprint density at radius 2 is 1.59 bits per heavy atom. The van der Waals surface area contributed by atoms with Crippen molar-refractivity contribution in [2.45, 2.75) is 158 Å². The number of rotatable bonds is 12. The molecule has 1 aliphatic heterocycles. The lowest BCUT2D eigenvalue weighted by Crippen LogP contribution is -2.66. The predicted octanol–water partition coefficient (Wildman–Crippen LogP) is 9.93. The van der Waals surface area contributed by atoms with E-state index in [1.165, 1.54) is 24.8 Å². The summed E-state index contributed by atoms with van der Waals surface area (Å²) in [5, 5.41) is 25.7. The number of allylic oxidation sites excluding steroid dienone is 1. The molecule has 10 nitrogen and oxygen atoms in total. The number of likely N-dealkylation sites (tertiary alicyclic amines) is 1. The lowest BCUT2D eigenvalue weighted by molar-refractivity contribution is -0.238. The number of amides is 1. The molecule has 1 heterocycles. The zero-order valence-electron chi connectivity index (χ0n) is 40.2. The minimum Gasteiger partial charge on any atom is -0.491 e. The van der Waals surface area contributed by atoms with Crippen LogP contribution in [-0.4, -0.2) is 83.7 Å². The SMILES string of the molecule is CC(C)C1=C2[C@H]3CC[C@@H]4[C@@]5(C)CC[C@H](OC(=O)[C@H]6C[C@@H](C(=O)O)C6(C)C)C(C)(C)[C@@H]5CC[C@@]4(C)[C@]3(C)CC[C@@]2([C@@H](O)CNC(=O)c2ccc(Cl)cc2OCCN2CCCCC2)CC1=O. The minimum absolute atomic E-state index is 0.0188. The average molecular weight is 906 g/mol. The summed E-state index contributed by atoms with van der Waals surface area (Å²) in [5.74, 6) is -0.838. The van der Waals surface area contributed by atoms with Crippen molar-refractivity contribution >= 4 is 35.2 Å². The lowest BCUT2D eigenvalue weighted by atomic mass is 9.33. The second-order valence-electron chi connectivity index (χ2n) is 23.8. The summed E-state index contributed by atoms with van der Waals surface area (Å²) in [6.45, 7) is 23.5. The summed E-state index contributed by atoms with van der Waals surface area (Å²) in [6.07, 6.45) is 10.4. The number of aliphatic hydroxyl groups excluding tert-OH is 1. The molecule has 6 fully saturated rings. The third-order valence-corrected chi connectivity index (χ3v) is 20.2. The molecule has 0 aromatic heterocycles. The minimum atomic E-state index is -0.940. The quantitative estimate of drug-likeness (QED) is 0.175. The zero-order valence-corrected chi connectivity index (χ0v) is 41.0. The summed E-state index contributed by atoms with van der Waals surface area (Å²) in [6, 6.07) is 5.07. The molecule has 7 aliphatic rings. The number of piperidine rings is 1. The van der Waals surface area contributed by atoms with Crippen molar-refractivity contribution in [3.05, 3.63) is 39.9 Å². The third kappa shape index (κ3) is 7.48. The molecule has 6 aliphatic carbocycles. The Hall–Kier alpha value is -2.95. The van der Waals surface area contributed by atoms with Crippen LogP contribution in [0.2, 0.25) is 5.02 Å². The van der Waals surface area contributed by atoms with Crippen LogP contribution in [0.3, 0.4) is 0 Å². The predicted molar refractivity (Wildman–Crippen MR) is 248 cm³/mol. The van der Waals surface area contributed by atoms with E-state index in [0.717, 1.165) is 70.2 Å². The maximum atomic E-state index is 14.3. The normalized spacial score (nSPS) is 38.2. The van der Waals surface area contributed by atoms with E-state index in [4.69, 9.17) is 21.1 Å². The van der Waals surface area contributed by atoms with Gasteiger partial charge in [-0.3, -0.25) is 24.1 Å². The molecule has 3 N–H and O–H groups in total. The number of nitrogens with zero attached hydrogens (tertiary/aromatic N) is 1. The van der Waals surface area contributed by atoms with Gasteiger partial charge in [0.25, 0.3) is 5.91 Å². The Bertz CT molecular complexity index is 2060. The molecule has 0 bridgehead atoms. The van der Waals surface area contributed by atoms with Crippen molar-refractivity contribution < 1.29 is 38.9 Å². The average Bonchev–Trinajstić information content (AvgIpc) is 3.54. The number of halogens is 1. The van der Waals surface area contributed by atoms with E-state index in [-0.39, 0.29) is 70.2 Å². The fourth-order valence-corrected chi connectivity index (χ4v) is 16.2. The number of ether oxygens (including phenoxy) is 2. The highest BCUT2D eigenvalue weighted by Gasteiger charge is 2.71. The van der Waals surface area contributed by atoms with E-state index in [0.29, 0.717) is 47.6 Å². The van der Waals surface area contributed by atoms with Gasteiger partial charge in [-0.1, -0.05) is 85.9 Å². The first-order valence-electron chi connectivity index (χ1n) is 24.8. The number of hydrogen-bond acceptors (Lipinski definition) is 8. The number of aliphatic hydroxyl groups is 1. The van der Waals surface area contributed by atoms with E-state index in [2.05, 4.69) is 58.7 Å². The summed E-state index contributed by atoms with van der Waals surface area (Å²) >= 11 is 6.39. The van der Waals surface area contributed by atoms with Crippen molar-refractivity contribution in [3.63, 3.8) is 0 Å². The molecule has 11 heteroatoms. The van der Waals surface area contributed by atoms with Crippen LogP contribution < -0.4 is 10.1 Å². The van der Waals surface area contributed by atoms with Crippen LogP contribution in [0.4, 0.5) is 0 Å². The van der Waals surface area contributed by atoms with E-state index < -0.39 is 34.7 Å². The van der Waals surface area contributed by atoms with Crippen molar-refractivity contribution in [2.75, 3.05) is 32.8 Å². The smallest absolute Gasteiger partial charge is 0.309 e. The highest BCUT2D eigenvalue weighted by atomic mass is 35.5. The molecule has 0 unspecified atom stereocenters. The molecule has 64 heavy (non-hydrogen) atoms. The number of hydrogen-bond donors (Lipinski definition) is 3. The summed E-state index contributed by atoms with van der Waals surface area (Å²) in [4.78, 5) is 56.1. The Balaban J connectivity index is 0.994. The first-order valence-corrected chi connectivity index (χ1v) is 25.2.